The normalized spacial score (nSPS) is 16.2. The van der Waals surface area contributed by atoms with Crippen LogP contribution in [-0.2, 0) is 0 Å². The zero-order chi connectivity index (χ0) is 16.8. The van der Waals surface area contributed by atoms with Crippen LogP contribution in [-0.4, -0.2) is 22.2 Å². The van der Waals surface area contributed by atoms with E-state index in [-0.39, 0.29) is 18.6 Å². The molecule has 1 aliphatic rings. The molecule has 2 N–H and O–H groups in total. The third kappa shape index (κ3) is 3.88. The Kier molecular flexibility index (Phi) is 5.70. The maximum Gasteiger partial charge on any atom is 0.268 e. The van der Waals surface area contributed by atoms with E-state index in [2.05, 4.69) is 9.88 Å². The van der Waals surface area contributed by atoms with Crippen molar-refractivity contribution in [3.8, 4) is 0 Å². The SMILES string of the molecule is O=C(NC(CCCO)c1ccccc1)c1cccn1C1CCCC1. The second-order valence-electron chi connectivity index (χ2n) is 6.54. The van der Waals surface area contributed by atoms with Crippen molar-refractivity contribution in [3.05, 3.63) is 59.9 Å². The molecule has 0 bridgehead atoms. The summed E-state index contributed by atoms with van der Waals surface area (Å²) in [6.45, 7) is 0.137. The molecule has 4 nitrogen and oxygen atoms in total. The first-order valence-corrected chi connectivity index (χ1v) is 8.93. The van der Waals surface area contributed by atoms with Gasteiger partial charge in [-0.2, -0.15) is 0 Å². The molecule has 1 unspecified atom stereocenters. The summed E-state index contributed by atoms with van der Waals surface area (Å²) < 4.78 is 2.14. The van der Waals surface area contributed by atoms with Crippen LogP contribution < -0.4 is 5.32 Å². The van der Waals surface area contributed by atoms with Gasteiger partial charge in [-0.1, -0.05) is 43.2 Å². The number of nitrogens with zero attached hydrogens (tertiary/aromatic N) is 1. The molecule has 1 fully saturated rings. The number of carbonyl (C=O) groups is 1. The summed E-state index contributed by atoms with van der Waals surface area (Å²) in [6, 6.07) is 14.2. The molecule has 1 heterocycles. The minimum atomic E-state index is -0.0715. The Bertz CT molecular complexity index is 645. The van der Waals surface area contributed by atoms with E-state index in [1.54, 1.807) is 0 Å². The van der Waals surface area contributed by atoms with Gasteiger partial charge in [0.25, 0.3) is 5.91 Å². The van der Waals surface area contributed by atoms with Crippen LogP contribution in [0.15, 0.2) is 48.7 Å². The van der Waals surface area contributed by atoms with Crippen LogP contribution in [0.4, 0.5) is 0 Å². The number of hydrogen-bond acceptors (Lipinski definition) is 2. The summed E-state index contributed by atoms with van der Waals surface area (Å²) in [5.74, 6) is -0.0290. The van der Waals surface area contributed by atoms with E-state index in [4.69, 9.17) is 5.11 Å². The highest BCUT2D eigenvalue weighted by atomic mass is 16.3. The molecule has 24 heavy (non-hydrogen) atoms. The molecule has 1 aromatic carbocycles. The third-order valence-corrected chi connectivity index (χ3v) is 4.89. The summed E-state index contributed by atoms with van der Waals surface area (Å²) in [6.07, 6.45) is 8.22. The number of nitrogens with one attached hydrogen (secondary N) is 1. The topological polar surface area (TPSA) is 54.3 Å². The number of amides is 1. The number of benzene rings is 1. The number of aromatic nitrogens is 1. The van der Waals surface area contributed by atoms with Crippen LogP contribution in [0, 0.1) is 0 Å². The lowest BCUT2D eigenvalue weighted by Crippen LogP contribution is -2.31. The zero-order valence-electron chi connectivity index (χ0n) is 14.0. The smallest absolute Gasteiger partial charge is 0.268 e. The summed E-state index contributed by atoms with van der Waals surface area (Å²) in [7, 11) is 0. The quantitative estimate of drug-likeness (QED) is 0.812. The highest BCUT2D eigenvalue weighted by molar-refractivity contribution is 5.93. The molecule has 3 rings (SSSR count). The van der Waals surface area contributed by atoms with Crippen molar-refractivity contribution in [2.24, 2.45) is 0 Å². The van der Waals surface area contributed by atoms with E-state index < -0.39 is 0 Å². The highest BCUT2D eigenvalue weighted by Crippen LogP contribution is 2.31. The van der Waals surface area contributed by atoms with Crippen LogP contribution in [0.25, 0.3) is 0 Å². The van der Waals surface area contributed by atoms with E-state index in [1.807, 2.05) is 48.7 Å². The van der Waals surface area contributed by atoms with E-state index in [1.165, 1.54) is 12.8 Å². The first-order valence-electron chi connectivity index (χ1n) is 8.93. The predicted molar refractivity (Wildman–Crippen MR) is 94.9 cm³/mol. The van der Waals surface area contributed by atoms with Gasteiger partial charge in [-0.25, -0.2) is 0 Å². The van der Waals surface area contributed by atoms with E-state index >= 15 is 0 Å². The Labute approximate surface area is 143 Å². The second kappa shape index (κ2) is 8.15. The van der Waals surface area contributed by atoms with Crippen LogP contribution in [0.5, 0.6) is 0 Å². The van der Waals surface area contributed by atoms with Crippen molar-refractivity contribution in [1.82, 2.24) is 9.88 Å². The minimum absolute atomic E-state index is 0.0290. The minimum Gasteiger partial charge on any atom is -0.396 e. The second-order valence-corrected chi connectivity index (χ2v) is 6.54. The lowest BCUT2D eigenvalue weighted by molar-refractivity contribution is 0.0920. The van der Waals surface area contributed by atoms with Crippen LogP contribution in [0.3, 0.4) is 0 Å². The molecule has 1 aliphatic carbocycles. The molecule has 2 aromatic rings. The van der Waals surface area contributed by atoms with Crippen LogP contribution in [0.1, 0.15) is 66.7 Å². The Morgan fingerprint density at radius 1 is 1.17 bits per heavy atom. The van der Waals surface area contributed by atoms with Gasteiger partial charge in [-0.05, 0) is 43.4 Å². The van der Waals surface area contributed by atoms with Crippen molar-refractivity contribution in [3.63, 3.8) is 0 Å². The largest absolute Gasteiger partial charge is 0.396 e. The molecule has 0 saturated heterocycles. The van der Waals surface area contributed by atoms with Crippen molar-refractivity contribution in [1.29, 1.82) is 0 Å². The fraction of sp³-hybridized carbons (Fsp3) is 0.450. The molecule has 0 spiro atoms. The zero-order valence-corrected chi connectivity index (χ0v) is 14.0. The van der Waals surface area contributed by atoms with Crippen molar-refractivity contribution in [2.75, 3.05) is 6.61 Å². The summed E-state index contributed by atoms with van der Waals surface area (Å²) in [4.78, 5) is 12.8. The van der Waals surface area contributed by atoms with Gasteiger partial charge < -0.3 is 15.0 Å². The Morgan fingerprint density at radius 3 is 2.62 bits per heavy atom. The van der Waals surface area contributed by atoms with E-state index in [0.717, 1.165) is 30.5 Å². The summed E-state index contributed by atoms with van der Waals surface area (Å²) in [5, 5.41) is 12.3. The van der Waals surface area contributed by atoms with Gasteiger partial charge >= 0.3 is 0 Å². The molecular weight excluding hydrogens is 300 g/mol. The van der Waals surface area contributed by atoms with Gasteiger partial charge in [0.05, 0.1) is 6.04 Å². The van der Waals surface area contributed by atoms with Gasteiger partial charge in [0.2, 0.25) is 0 Å². The number of carbonyl (C=O) groups excluding carboxylic acids is 1. The molecule has 128 valence electrons. The van der Waals surface area contributed by atoms with E-state index in [0.29, 0.717) is 12.5 Å². The molecule has 1 atom stereocenters. The van der Waals surface area contributed by atoms with Gasteiger partial charge in [0, 0.05) is 18.8 Å². The fourth-order valence-corrected chi connectivity index (χ4v) is 3.62. The average molecular weight is 326 g/mol. The van der Waals surface area contributed by atoms with Gasteiger partial charge in [0.1, 0.15) is 5.69 Å². The number of aliphatic hydroxyl groups is 1. The molecule has 0 aliphatic heterocycles. The van der Waals surface area contributed by atoms with Gasteiger partial charge in [-0.3, -0.25) is 4.79 Å². The summed E-state index contributed by atoms with van der Waals surface area (Å²) in [5.41, 5.74) is 1.82. The van der Waals surface area contributed by atoms with Crippen LogP contribution >= 0.6 is 0 Å². The molecular formula is C20H26N2O2. The first-order chi connectivity index (χ1) is 11.8. The summed E-state index contributed by atoms with van der Waals surface area (Å²) >= 11 is 0. The van der Waals surface area contributed by atoms with E-state index in [9.17, 15) is 4.79 Å². The number of aliphatic hydroxyl groups excluding tert-OH is 1. The standard InChI is InChI=1S/C20H26N2O2/c23-15-7-12-18(16-8-2-1-3-9-16)21-20(24)19-13-6-14-22(19)17-10-4-5-11-17/h1-3,6,8-9,13-14,17-18,23H,4-5,7,10-12,15H2,(H,21,24). The fourth-order valence-electron chi connectivity index (χ4n) is 3.62. The van der Waals surface area contributed by atoms with Crippen molar-refractivity contribution >= 4 is 5.91 Å². The van der Waals surface area contributed by atoms with Gasteiger partial charge in [-0.15, -0.1) is 0 Å². The van der Waals surface area contributed by atoms with Gasteiger partial charge in [0.15, 0.2) is 0 Å². The maximum atomic E-state index is 12.8. The number of hydrogen-bond donors (Lipinski definition) is 2. The third-order valence-electron chi connectivity index (χ3n) is 4.89. The highest BCUT2D eigenvalue weighted by Gasteiger charge is 2.23. The molecule has 0 radical (unpaired) electrons. The lowest BCUT2D eigenvalue weighted by Gasteiger charge is -2.21. The van der Waals surface area contributed by atoms with Crippen molar-refractivity contribution in [2.45, 2.75) is 50.6 Å². The molecule has 1 saturated carbocycles. The lowest BCUT2D eigenvalue weighted by atomic mass is 10.0. The predicted octanol–water partition coefficient (Wildman–Crippen LogP) is 3.85. The Morgan fingerprint density at radius 2 is 1.92 bits per heavy atom. The molecule has 1 aromatic heterocycles. The average Bonchev–Trinajstić information content (AvgIpc) is 3.29. The maximum absolute atomic E-state index is 12.8. The molecule has 4 heteroatoms. The van der Waals surface area contributed by atoms with Crippen molar-refractivity contribution < 1.29 is 9.90 Å². The molecule has 1 amide bonds. The number of rotatable bonds is 7. The van der Waals surface area contributed by atoms with Crippen LogP contribution in [0.2, 0.25) is 0 Å². The Balaban J connectivity index is 1.75. The first kappa shape index (κ1) is 16.8. The monoisotopic (exact) mass is 326 g/mol. The Hall–Kier alpha value is -2.07.